The van der Waals surface area contributed by atoms with Gasteiger partial charge in [-0.3, -0.25) is 9.59 Å². The zero-order chi connectivity index (χ0) is 24.3. The van der Waals surface area contributed by atoms with E-state index in [4.69, 9.17) is 4.74 Å². The summed E-state index contributed by atoms with van der Waals surface area (Å²) in [5.74, 6) is -0.383. The number of nitrogens with zero attached hydrogens (tertiary/aromatic N) is 2. The second kappa shape index (κ2) is 10.5. The van der Waals surface area contributed by atoms with Gasteiger partial charge in [0.2, 0.25) is 0 Å². The number of aliphatic hydroxyl groups is 1. The molecule has 0 saturated carbocycles. The Morgan fingerprint density at radius 2 is 1.97 bits per heavy atom. The van der Waals surface area contributed by atoms with Crippen molar-refractivity contribution in [3.8, 4) is 5.75 Å². The molecule has 33 heavy (non-hydrogen) atoms. The molecule has 1 aliphatic rings. The molecule has 2 heterocycles. The average Bonchev–Trinajstić information content (AvgIpc) is 3.29. The quantitative estimate of drug-likeness (QED) is 0.319. The molecule has 1 amide bonds. The first-order valence-electron chi connectivity index (χ1n) is 11.4. The molecule has 1 aromatic carbocycles. The lowest BCUT2D eigenvalue weighted by Gasteiger charge is -2.25. The second-order valence-electron chi connectivity index (χ2n) is 8.96. The van der Waals surface area contributed by atoms with Crippen LogP contribution in [0.4, 0.5) is 0 Å². The van der Waals surface area contributed by atoms with Crippen LogP contribution in [-0.2, 0) is 9.59 Å². The molecule has 178 valence electrons. The van der Waals surface area contributed by atoms with Crippen molar-refractivity contribution in [1.82, 2.24) is 9.80 Å². The molecule has 0 aliphatic carbocycles. The van der Waals surface area contributed by atoms with Crippen LogP contribution in [0.2, 0.25) is 0 Å². The van der Waals surface area contributed by atoms with Crippen molar-refractivity contribution < 1.29 is 19.4 Å². The topological polar surface area (TPSA) is 70.1 Å². The van der Waals surface area contributed by atoms with Gasteiger partial charge in [0.05, 0.1) is 18.2 Å². The standard InChI is InChI=1S/C26H34N2O4S/c1-7-32-20-10-9-18(15-19(20)16(2)3)23(29)21-22(25-17(4)11-14-33-25)28(26(31)24(21)30)13-8-12-27(5)6/h9-11,14-16,22,29H,7-8,12-13H2,1-6H3/b23-21-. The largest absolute Gasteiger partial charge is 0.507 e. The van der Waals surface area contributed by atoms with E-state index in [-0.39, 0.29) is 17.3 Å². The van der Waals surface area contributed by atoms with E-state index in [0.717, 1.165) is 34.7 Å². The number of hydrogen-bond acceptors (Lipinski definition) is 6. The van der Waals surface area contributed by atoms with Crippen molar-refractivity contribution in [3.63, 3.8) is 0 Å². The number of Topliss-reactive ketones (excluding diaryl/α,β-unsaturated/α-hetero) is 1. The fraction of sp³-hybridized carbons (Fsp3) is 0.462. The van der Waals surface area contributed by atoms with E-state index < -0.39 is 17.7 Å². The minimum atomic E-state index is -0.630. The third-order valence-electron chi connectivity index (χ3n) is 5.90. The minimum absolute atomic E-state index is 0.133. The normalized spacial score (nSPS) is 18.1. The highest BCUT2D eigenvalue weighted by molar-refractivity contribution is 7.10. The summed E-state index contributed by atoms with van der Waals surface area (Å²) in [6.07, 6.45) is 0.738. The van der Waals surface area contributed by atoms with Gasteiger partial charge in [0.15, 0.2) is 0 Å². The summed E-state index contributed by atoms with van der Waals surface area (Å²) < 4.78 is 5.74. The van der Waals surface area contributed by atoms with Gasteiger partial charge in [-0.2, -0.15) is 0 Å². The van der Waals surface area contributed by atoms with E-state index in [2.05, 4.69) is 18.7 Å². The number of thiophene rings is 1. The summed E-state index contributed by atoms with van der Waals surface area (Å²) in [6.45, 7) is 9.80. The molecule has 1 aliphatic heterocycles. The molecular formula is C26H34N2O4S. The van der Waals surface area contributed by atoms with Gasteiger partial charge >= 0.3 is 0 Å². The Bertz CT molecular complexity index is 1050. The third-order valence-corrected chi connectivity index (χ3v) is 6.97. The maximum Gasteiger partial charge on any atom is 0.295 e. The van der Waals surface area contributed by atoms with Crippen molar-refractivity contribution in [2.45, 2.75) is 46.1 Å². The SMILES string of the molecule is CCOc1ccc(/C(O)=C2/C(=O)C(=O)N(CCCN(C)C)C2c2sccc2C)cc1C(C)C. The van der Waals surface area contributed by atoms with E-state index in [0.29, 0.717) is 18.7 Å². The van der Waals surface area contributed by atoms with Gasteiger partial charge in [-0.1, -0.05) is 13.8 Å². The Hall–Kier alpha value is -2.64. The van der Waals surface area contributed by atoms with Crippen LogP contribution in [0.1, 0.15) is 60.7 Å². The summed E-state index contributed by atoms with van der Waals surface area (Å²) in [7, 11) is 3.96. The monoisotopic (exact) mass is 470 g/mol. The Kier molecular flexibility index (Phi) is 7.97. The van der Waals surface area contributed by atoms with Gasteiger partial charge in [0.1, 0.15) is 11.5 Å². The molecule has 1 atom stereocenters. The fourth-order valence-corrected chi connectivity index (χ4v) is 5.24. The molecule has 0 radical (unpaired) electrons. The number of rotatable bonds is 9. The number of amides is 1. The molecule has 3 rings (SSSR count). The van der Waals surface area contributed by atoms with Crippen molar-refractivity contribution in [2.24, 2.45) is 0 Å². The predicted octanol–water partition coefficient (Wildman–Crippen LogP) is 4.95. The van der Waals surface area contributed by atoms with Crippen LogP contribution < -0.4 is 4.74 Å². The van der Waals surface area contributed by atoms with Gasteiger partial charge in [0.25, 0.3) is 11.7 Å². The second-order valence-corrected chi connectivity index (χ2v) is 9.91. The lowest BCUT2D eigenvalue weighted by Crippen LogP contribution is -2.32. The molecule has 1 saturated heterocycles. The number of ketones is 1. The Balaban J connectivity index is 2.11. The van der Waals surface area contributed by atoms with Crippen LogP contribution in [-0.4, -0.2) is 60.4 Å². The van der Waals surface area contributed by atoms with E-state index in [1.165, 1.54) is 11.3 Å². The lowest BCUT2D eigenvalue weighted by molar-refractivity contribution is -0.139. The molecule has 1 unspecified atom stereocenters. The number of carbonyl (C=O) groups is 2. The van der Waals surface area contributed by atoms with Gasteiger partial charge in [-0.05, 0) is 87.6 Å². The van der Waals surface area contributed by atoms with E-state index in [1.807, 2.05) is 51.5 Å². The smallest absolute Gasteiger partial charge is 0.295 e. The third kappa shape index (κ3) is 5.14. The van der Waals surface area contributed by atoms with Crippen molar-refractivity contribution >= 4 is 28.8 Å². The van der Waals surface area contributed by atoms with Crippen LogP contribution >= 0.6 is 11.3 Å². The Labute approximate surface area is 200 Å². The lowest BCUT2D eigenvalue weighted by atomic mass is 9.94. The summed E-state index contributed by atoms with van der Waals surface area (Å²) >= 11 is 1.51. The maximum atomic E-state index is 13.2. The number of carbonyl (C=O) groups excluding carboxylic acids is 2. The summed E-state index contributed by atoms with van der Waals surface area (Å²) in [6, 6.07) is 6.84. The molecular weight excluding hydrogens is 436 g/mol. The predicted molar refractivity (Wildman–Crippen MR) is 133 cm³/mol. The number of likely N-dealkylation sites (tertiary alicyclic amines) is 1. The maximum absolute atomic E-state index is 13.2. The first-order valence-corrected chi connectivity index (χ1v) is 12.3. The molecule has 7 heteroatoms. The number of aryl methyl sites for hydroxylation is 1. The van der Waals surface area contributed by atoms with E-state index in [1.54, 1.807) is 11.0 Å². The molecule has 1 aromatic heterocycles. The van der Waals surface area contributed by atoms with Gasteiger partial charge in [-0.15, -0.1) is 11.3 Å². The highest BCUT2D eigenvalue weighted by Crippen LogP contribution is 2.43. The summed E-state index contributed by atoms with van der Waals surface area (Å²) in [5, 5.41) is 13.3. The van der Waals surface area contributed by atoms with Crippen LogP contribution in [0.25, 0.3) is 5.76 Å². The zero-order valence-corrected chi connectivity index (χ0v) is 21.2. The highest BCUT2D eigenvalue weighted by Gasteiger charge is 2.46. The van der Waals surface area contributed by atoms with Gasteiger partial charge in [0, 0.05) is 17.0 Å². The molecule has 2 aromatic rings. The van der Waals surface area contributed by atoms with Crippen molar-refractivity contribution in [3.05, 3.63) is 56.8 Å². The van der Waals surface area contributed by atoms with Gasteiger partial charge < -0.3 is 19.6 Å². The van der Waals surface area contributed by atoms with Crippen LogP contribution in [0.15, 0.2) is 35.2 Å². The minimum Gasteiger partial charge on any atom is -0.507 e. The molecule has 1 N–H and O–H groups in total. The number of aliphatic hydroxyl groups excluding tert-OH is 1. The number of hydrogen-bond donors (Lipinski definition) is 1. The zero-order valence-electron chi connectivity index (χ0n) is 20.3. The summed E-state index contributed by atoms with van der Waals surface area (Å²) in [4.78, 5) is 30.8. The van der Waals surface area contributed by atoms with E-state index >= 15 is 0 Å². The Morgan fingerprint density at radius 3 is 2.55 bits per heavy atom. The van der Waals surface area contributed by atoms with Crippen LogP contribution in [0, 0.1) is 6.92 Å². The van der Waals surface area contributed by atoms with Crippen LogP contribution in [0.3, 0.4) is 0 Å². The molecule has 0 bridgehead atoms. The van der Waals surface area contributed by atoms with E-state index in [9.17, 15) is 14.7 Å². The number of ether oxygens (including phenoxy) is 1. The first kappa shape index (κ1) is 25.0. The fourth-order valence-electron chi connectivity index (χ4n) is 4.19. The van der Waals surface area contributed by atoms with Gasteiger partial charge in [-0.25, -0.2) is 0 Å². The Morgan fingerprint density at radius 1 is 1.24 bits per heavy atom. The van der Waals surface area contributed by atoms with Crippen molar-refractivity contribution in [1.29, 1.82) is 0 Å². The molecule has 1 fully saturated rings. The molecule has 6 nitrogen and oxygen atoms in total. The number of benzene rings is 1. The van der Waals surface area contributed by atoms with Crippen molar-refractivity contribution in [2.75, 3.05) is 33.8 Å². The highest BCUT2D eigenvalue weighted by atomic mass is 32.1. The average molecular weight is 471 g/mol. The summed E-state index contributed by atoms with van der Waals surface area (Å²) in [5.41, 5.74) is 2.64. The first-order chi connectivity index (χ1) is 15.7. The van der Waals surface area contributed by atoms with Crippen LogP contribution in [0.5, 0.6) is 5.75 Å². The molecule has 0 spiro atoms.